The van der Waals surface area contributed by atoms with Crippen LogP contribution in [0.15, 0.2) is 35.3 Å². The van der Waals surface area contributed by atoms with Gasteiger partial charge in [0, 0.05) is 31.5 Å². The van der Waals surface area contributed by atoms with Crippen molar-refractivity contribution in [1.29, 1.82) is 5.26 Å². The minimum Gasteiger partial charge on any atom is -0.345 e. The highest BCUT2D eigenvalue weighted by Crippen LogP contribution is 2.43. The Labute approximate surface area is 192 Å². The lowest BCUT2D eigenvalue weighted by Gasteiger charge is -2.27. The van der Waals surface area contributed by atoms with Crippen LogP contribution in [-0.2, 0) is 0 Å². The molecule has 2 unspecified atom stereocenters. The van der Waals surface area contributed by atoms with Crippen LogP contribution in [0.3, 0.4) is 0 Å². The maximum Gasteiger partial charge on any atom is 0.261 e. The summed E-state index contributed by atoms with van der Waals surface area (Å²) in [5.74, 6) is 0.741. The van der Waals surface area contributed by atoms with E-state index < -0.39 is 0 Å². The van der Waals surface area contributed by atoms with Crippen LogP contribution in [-0.4, -0.2) is 39.7 Å². The fourth-order valence-electron chi connectivity index (χ4n) is 4.94. The van der Waals surface area contributed by atoms with Crippen molar-refractivity contribution in [2.45, 2.75) is 50.5 Å². The molecule has 0 radical (unpaired) electrons. The first-order valence-electron chi connectivity index (χ1n) is 11.6. The zero-order valence-electron chi connectivity index (χ0n) is 19.0. The molecule has 5 rings (SSSR count). The third-order valence-electron chi connectivity index (χ3n) is 6.81. The largest absolute Gasteiger partial charge is 0.345 e. The molecule has 8 heteroatoms. The highest BCUT2D eigenvalue weighted by molar-refractivity contribution is 5.97. The van der Waals surface area contributed by atoms with E-state index in [2.05, 4.69) is 16.4 Å². The number of carbonyl (C=O) groups is 1. The Kier molecular flexibility index (Phi) is 5.41. The Morgan fingerprint density at radius 3 is 2.73 bits per heavy atom. The van der Waals surface area contributed by atoms with Crippen LogP contribution in [0.4, 0.5) is 11.5 Å². The van der Waals surface area contributed by atoms with Gasteiger partial charge in [0.05, 0.1) is 23.5 Å². The summed E-state index contributed by atoms with van der Waals surface area (Å²) in [6.07, 6.45) is 7.58. The lowest BCUT2D eigenvalue weighted by atomic mass is 9.85. The molecule has 33 heavy (non-hydrogen) atoms. The van der Waals surface area contributed by atoms with E-state index in [9.17, 15) is 14.9 Å². The minimum atomic E-state index is -0.215. The molecule has 2 atom stereocenters. The van der Waals surface area contributed by atoms with Crippen LogP contribution in [0.2, 0.25) is 0 Å². The van der Waals surface area contributed by atoms with Gasteiger partial charge in [0.2, 0.25) is 0 Å². The highest BCUT2D eigenvalue weighted by Gasteiger charge is 2.31. The lowest BCUT2D eigenvalue weighted by Crippen LogP contribution is -2.23. The van der Waals surface area contributed by atoms with Crippen molar-refractivity contribution < 1.29 is 4.79 Å². The molecular weight excluding hydrogens is 416 g/mol. The van der Waals surface area contributed by atoms with Crippen molar-refractivity contribution in [2.75, 3.05) is 19.4 Å². The number of aromatic amines is 1. The maximum absolute atomic E-state index is 12.8. The normalized spacial score (nSPS) is 20.4. The number of hydrogen-bond donors (Lipinski definition) is 2. The van der Waals surface area contributed by atoms with E-state index in [1.54, 1.807) is 25.2 Å². The van der Waals surface area contributed by atoms with Crippen molar-refractivity contribution in [2.24, 2.45) is 5.92 Å². The summed E-state index contributed by atoms with van der Waals surface area (Å²) in [7, 11) is 3.52. The van der Waals surface area contributed by atoms with E-state index in [1.807, 2.05) is 28.9 Å². The van der Waals surface area contributed by atoms with E-state index in [0.717, 1.165) is 60.9 Å². The molecule has 0 aliphatic heterocycles. The summed E-state index contributed by atoms with van der Waals surface area (Å²) >= 11 is 0. The van der Waals surface area contributed by atoms with Gasteiger partial charge >= 0.3 is 0 Å². The number of H-pyrrole nitrogens is 1. The lowest BCUT2D eigenvalue weighted by molar-refractivity contribution is 0.0826. The third kappa shape index (κ3) is 3.88. The second kappa shape index (κ2) is 8.39. The SMILES string of the molecule is CN(C)C(=O)c1ccc(Nc2nn(C3CCCCC3C#N)c3cc[nH]c(=O)c23)cc1C1CC1. The number of amides is 1. The van der Waals surface area contributed by atoms with E-state index in [0.29, 0.717) is 17.1 Å². The number of hydrogen-bond acceptors (Lipinski definition) is 5. The molecule has 0 spiro atoms. The van der Waals surface area contributed by atoms with Crippen molar-refractivity contribution >= 4 is 28.3 Å². The molecule has 2 N–H and O–H groups in total. The number of carbonyl (C=O) groups excluding carboxylic acids is 1. The Bertz CT molecular complexity index is 1310. The van der Waals surface area contributed by atoms with Crippen molar-refractivity contribution in [1.82, 2.24) is 19.7 Å². The fourth-order valence-corrected chi connectivity index (χ4v) is 4.94. The molecule has 2 aliphatic carbocycles. The second-order valence-corrected chi connectivity index (χ2v) is 9.35. The summed E-state index contributed by atoms with van der Waals surface area (Å²) in [6, 6.07) is 9.97. The quantitative estimate of drug-likeness (QED) is 0.610. The number of benzene rings is 1. The number of fused-ring (bicyclic) bond motifs is 1. The van der Waals surface area contributed by atoms with Gasteiger partial charge in [-0.3, -0.25) is 14.3 Å². The van der Waals surface area contributed by atoms with Crippen LogP contribution < -0.4 is 10.9 Å². The molecule has 2 saturated carbocycles. The molecule has 8 nitrogen and oxygen atoms in total. The summed E-state index contributed by atoms with van der Waals surface area (Å²) in [5.41, 5.74) is 3.07. The fraction of sp³-hybridized carbons (Fsp3) is 0.440. The van der Waals surface area contributed by atoms with E-state index in [-0.39, 0.29) is 23.4 Å². The Balaban J connectivity index is 1.56. The third-order valence-corrected chi connectivity index (χ3v) is 6.81. The van der Waals surface area contributed by atoms with Crippen molar-refractivity contribution in [3.8, 4) is 6.07 Å². The van der Waals surface area contributed by atoms with Crippen LogP contribution in [0, 0.1) is 17.2 Å². The zero-order chi connectivity index (χ0) is 23.1. The first-order chi connectivity index (χ1) is 16.0. The molecule has 170 valence electrons. The van der Waals surface area contributed by atoms with Gasteiger partial charge in [0.25, 0.3) is 11.5 Å². The summed E-state index contributed by atoms with van der Waals surface area (Å²) in [5, 5.41) is 18.3. The summed E-state index contributed by atoms with van der Waals surface area (Å²) in [6.45, 7) is 0. The summed E-state index contributed by atoms with van der Waals surface area (Å²) in [4.78, 5) is 29.8. The van der Waals surface area contributed by atoms with Crippen LogP contribution in [0.1, 0.15) is 66.4 Å². The average Bonchev–Trinajstić information content (AvgIpc) is 3.61. The molecule has 0 saturated heterocycles. The van der Waals surface area contributed by atoms with Gasteiger partial charge in [-0.25, -0.2) is 0 Å². The van der Waals surface area contributed by atoms with Crippen molar-refractivity contribution in [3.63, 3.8) is 0 Å². The molecule has 0 bridgehead atoms. The molecule has 2 aliphatic rings. The second-order valence-electron chi connectivity index (χ2n) is 9.35. The predicted octanol–water partition coefficient (Wildman–Crippen LogP) is 4.30. The van der Waals surface area contributed by atoms with E-state index >= 15 is 0 Å². The van der Waals surface area contributed by atoms with E-state index in [1.165, 1.54) is 0 Å². The number of rotatable bonds is 5. The van der Waals surface area contributed by atoms with Gasteiger partial charge < -0.3 is 15.2 Å². The molecule has 2 aromatic heterocycles. The predicted molar refractivity (Wildman–Crippen MR) is 127 cm³/mol. The minimum absolute atomic E-state index is 0.00512. The molecule has 1 aromatic carbocycles. The molecule has 2 fully saturated rings. The number of nitriles is 1. The smallest absolute Gasteiger partial charge is 0.261 e. The topological polar surface area (TPSA) is 107 Å². The number of nitrogens with zero attached hydrogens (tertiary/aromatic N) is 4. The molecule has 2 heterocycles. The molecular formula is C25H28N6O2. The van der Waals surface area contributed by atoms with E-state index in [4.69, 9.17) is 5.10 Å². The van der Waals surface area contributed by atoms with Gasteiger partial charge in [-0.1, -0.05) is 12.8 Å². The number of aromatic nitrogens is 3. The number of nitrogens with one attached hydrogen (secondary N) is 2. The summed E-state index contributed by atoms with van der Waals surface area (Å²) < 4.78 is 1.87. The van der Waals surface area contributed by atoms with Gasteiger partial charge in [-0.2, -0.15) is 10.4 Å². The number of pyridine rings is 1. The van der Waals surface area contributed by atoms with Gasteiger partial charge in [-0.05, 0) is 61.4 Å². The first kappa shape index (κ1) is 21.3. The standard InChI is InChI=1S/C25H28N6O2/c1-30(2)25(33)18-10-9-17(13-19(18)15-7-8-15)28-23-22-21(11-12-27-24(22)32)31(29-23)20-6-4-3-5-16(20)14-26/h9-13,15-16,20H,3-8H2,1-2H3,(H,27,32)(H,28,29). The molecule has 3 aromatic rings. The van der Waals surface area contributed by atoms with Crippen LogP contribution >= 0.6 is 0 Å². The Hall–Kier alpha value is -3.60. The molecule has 1 amide bonds. The average molecular weight is 445 g/mol. The van der Waals surface area contributed by atoms with Crippen molar-refractivity contribution in [3.05, 3.63) is 51.9 Å². The first-order valence-corrected chi connectivity index (χ1v) is 11.6. The monoisotopic (exact) mass is 444 g/mol. The zero-order valence-corrected chi connectivity index (χ0v) is 19.0. The Morgan fingerprint density at radius 1 is 1.21 bits per heavy atom. The number of anilines is 2. The Morgan fingerprint density at radius 2 is 2.00 bits per heavy atom. The highest BCUT2D eigenvalue weighted by atomic mass is 16.2. The maximum atomic E-state index is 12.8. The van der Waals surface area contributed by atoms with Gasteiger partial charge in [0.15, 0.2) is 5.82 Å². The van der Waals surface area contributed by atoms with Gasteiger partial charge in [0.1, 0.15) is 5.39 Å². The van der Waals surface area contributed by atoms with Crippen LogP contribution in [0.25, 0.3) is 10.9 Å². The van der Waals surface area contributed by atoms with Gasteiger partial charge in [-0.15, -0.1) is 0 Å². The van der Waals surface area contributed by atoms with Crippen LogP contribution in [0.5, 0.6) is 0 Å².